The molecule has 0 aliphatic carbocycles. The minimum atomic E-state index is -4.37. The number of nitrogens with one attached hydrogen (secondary N) is 2. The Morgan fingerprint density at radius 3 is 2.68 bits per heavy atom. The first kappa shape index (κ1) is 22.0. The number of aromatic nitrogens is 1. The fourth-order valence-electron chi connectivity index (χ4n) is 2.36. The molecule has 0 aliphatic heterocycles. The van der Waals surface area contributed by atoms with Crippen LogP contribution in [0.2, 0.25) is 0 Å². The summed E-state index contributed by atoms with van der Waals surface area (Å²) in [7, 11) is 0. The highest BCUT2D eigenvalue weighted by atomic mass is 32.1. The number of aryl methyl sites for hydroxylation is 1. The third-order valence-electron chi connectivity index (χ3n) is 3.70. The molecule has 0 fully saturated rings. The molecule has 5 nitrogen and oxygen atoms in total. The van der Waals surface area contributed by atoms with Gasteiger partial charge in [0.1, 0.15) is 5.75 Å². The molecule has 0 saturated carbocycles. The van der Waals surface area contributed by atoms with Gasteiger partial charge < -0.3 is 15.4 Å². The van der Waals surface area contributed by atoms with Gasteiger partial charge in [-0.15, -0.1) is 11.3 Å². The van der Waals surface area contributed by atoms with E-state index in [4.69, 9.17) is 4.74 Å². The first-order valence-corrected chi connectivity index (χ1v) is 9.96. The molecule has 0 aliphatic rings. The van der Waals surface area contributed by atoms with E-state index in [2.05, 4.69) is 27.5 Å². The number of halogens is 3. The topological polar surface area (TPSA) is 58.5 Å². The maximum Gasteiger partial charge on any atom is 0.422 e. The van der Waals surface area contributed by atoms with Crippen LogP contribution >= 0.6 is 11.3 Å². The lowest BCUT2D eigenvalue weighted by molar-refractivity contribution is -0.153. The van der Waals surface area contributed by atoms with E-state index in [1.807, 2.05) is 13.1 Å². The smallest absolute Gasteiger partial charge is 0.422 e. The van der Waals surface area contributed by atoms with Crippen LogP contribution in [0.3, 0.4) is 0 Å². The van der Waals surface area contributed by atoms with Crippen molar-refractivity contribution >= 4 is 17.3 Å². The number of nitrogens with zero attached hydrogens (tertiary/aromatic N) is 2. The normalized spacial score (nSPS) is 12.1. The van der Waals surface area contributed by atoms with Gasteiger partial charge in [0.05, 0.1) is 11.6 Å². The molecule has 2 N–H and O–H groups in total. The molecular formula is C19H25F3N4OS. The Kier molecular flexibility index (Phi) is 8.56. The molecule has 1 aromatic carbocycles. The molecule has 0 amide bonds. The van der Waals surface area contributed by atoms with Crippen LogP contribution in [0.1, 0.15) is 29.3 Å². The molecule has 2 rings (SSSR count). The fraction of sp³-hybridized carbons (Fsp3) is 0.474. The second-order valence-corrected chi connectivity index (χ2v) is 7.16. The summed E-state index contributed by atoms with van der Waals surface area (Å²) < 4.78 is 42.1. The van der Waals surface area contributed by atoms with Crippen molar-refractivity contribution in [2.75, 3.05) is 19.7 Å². The molecule has 1 heterocycles. The van der Waals surface area contributed by atoms with Gasteiger partial charge in [0.25, 0.3) is 0 Å². The number of hydrogen-bond donors (Lipinski definition) is 2. The molecule has 1 aromatic heterocycles. The van der Waals surface area contributed by atoms with E-state index in [1.54, 1.807) is 29.5 Å². The van der Waals surface area contributed by atoms with Crippen LogP contribution in [0.5, 0.6) is 5.75 Å². The van der Waals surface area contributed by atoms with Gasteiger partial charge in [-0.2, -0.15) is 13.2 Å². The minimum Gasteiger partial charge on any atom is -0.484 e. The molecule has 0 radical (unpaired) electrons. The summed E-state index contributed by atoms with van der Waals surface area (Å²) in [5, 5.41) is 7.42. The Morgan fingerprint density at radius 1 is 1.21 bits per heavy atom. The molecule has 0 saturated heterocycles. The van der Waals surface area contributed by atoms with E-state index < -0.39 is 12.8 Å². The number of hydrogen-bond acceptors (Lipinski definition) is 4. The lowest BCUT2D eigenvalue weighted by Gasteiger charge is -2.13. The van der Waals surface area contributed by atoms with Crippen LogP contribution in [0.4, 0.5) is 13.2 Å². The van der Waals surface area contributed by atoms with Crippen molar-refractivity contribution in [2.24, 2.45) is 4.99 Å². The van der Waals surface area contributed by atoms with Crippen molar-refractivity contribution in [3.05, 3.63) is 45.9 Å². The predicted octanol–water partition coefficient (Wildman–Crippen LogP) is 3.94. The summed E-state index contributed by atoms with van der Waals surface area (Å²) in [6.07, 6.45) is -0.719. The first-order valence-electron chi connectivity index (χ1n) is 9.14. The maximum absolute atomic E-state index is 12.4. The van der Waals surface area contributed by atoms with Crippen molar-refractivity contribution in [3.63, 3.8) is 0 Å². The minimum absolute atomic E-state index is 0.189. The van der Waals surface area contributed by atoms with Crippen LogP contribution in [0.25, 0.3) is 0 Å². The van der Waals surface area contributed by atoms with Gasteiger partial charge in [-0.3, -0.25) is 0 Å². The van der Waals surface area contributed by atoms with Crippen molar-refractivity contribution in [1.82, 2.24) is 15.6 Å². The average Bonchev–Trinajstić information content (AvgIpc) is 3.12. The SMILES string of the molecule is CCNC(=NCc1ccccc1OCC(F)(F)F)NCCc1ncc(CC)s1. The van der Waals surface area contributed by atoms with Gasteiger partial charge in [-0.25, -0.2) is 9.98 Å². The number of aliphatic imine (C=N–C) groups is 1. The molecule has 0 bridgehead atoms. The van der Waals surface area contributed by atoms with E-state index in [-0.39, 0.29) is 12.3 Å². The number of ether oxygens (including phenoxy) is 1. The number of thiazole rings is 1. The molecule has 0 atom stereocenters. The fourth-order valence-corrected chi connectivity index (χ4v) is 3.22. The van der Waals surface area contributed by atoms with E-state index in [0.717, 1.165) is 17.8 Å². The van der Waals surface area contributed by atoms with E-state index in [9.17, 15) is 13.2 Å². The van der Waals surface area contributed by atoms with Gasteiger partial charge in [-0.05, 0) is 19.4 Å². The number of benzene rings is 1. The van der Waals surface area contributed by atoms with Crippen LogP contribution in [0, 0.1) is 0 Å². The van der Waals surface area contributed by atoms with E-state index in [1.165, 1.54) is 10.9 Å². The second-order valence-electron chi connectivity index (χ2n) is 5.96. The summed E-state index contributed by atoms with van der Waals surface area (Å²) in [5.74, 6) is 0.787. The number of rotatable bonds is 9. The molecule has 154 valence electrons. The summed E-state index contributed by atoms with van der Waals surface area (Å²) in [6.45, 7) is 4.28. The highest BCUT2D eigenvalue weighted by Gasteiger charge is 2.28. The highest BCUT2D eigenvalue weighted by Crippen LogP contribution is 2.22. The number of guanidine groups is 1. The molecule has 2 aromatic rings. The zero-order valence-corrected chi connectivity index (χ0v) is 16.8. The largest absolute Gasteiger partial charge is 0.484 e. The summed E-state index contributed by atoms with van der Waals surface area (Å²) >= 11 is 1.70. The quantitative estimate of drug-likeness (QED) is 0.482. The maximum atomic E-state index is 12.4. The van der Waals surface area contributed by atoms with Crippen molar-refractivity contribution in [3.8, 4) is 5.75 Å². The average molecular weight is 414 g/mol. The zero-order valence-electron chi connectivity index (χ0n) is 16.0. The number of alkyl halides is 3. The lowest BCUT2D eigenvalue weighted by atomic mass is 10.2. The van der Waals surface area contributed by atoms with E-state index >= 15 is 0 Å². The Hall–Kier alpha value is -2.29. The standard InChI is InChI=1S/C19H25F3N4OS/c1-3-15-12-25-17(28-15)9-10-24-18(23-4-2)26-11-14-7-5-6-8-16(14)27-13-19(20,21)22/h5-8,12H,3-4,9-11,13H2,1-2H3,(H2,23,24,26). The third kappa shape index (κ3) is 7.75. The van der Waals surface area contributed by atoms with Crippen LogP contribution in [-0.2, 0) is 19.4 Å². The predicted molar refractivity (Wildman–Crippen MR) is 106 cm³/mol. The van der Waals surface area contributed by atoms with Crippen LogP contribution in [-0.4, -0.2) is 36.8 Å². The third-order valence-corrected chi connectivity index (χ3v) is 4.90. The zero-order chi connectivity index (χ0) is 20.4. The summed E-state index contributed by atoms with van der Waals surface area (Å²) in [5.41, 5.74) is 0.594. The molecular weight excluding hydrogens is 389 g/mol. The Labute approximate surface area is 167 Å². The first-order chi connectivity index (χ1) is 13.4. The summed E-state index contributed by atoms with van der Waals surface area (Å²) in [4.78, 5) is 10.1. The van der Waals surface area contributed by atoms with Gasteiger partial charge in [0.15, 0.2) is 12.6 Å². The Balaban J connectivity index is 1.94. The molecule has 0 spiro atoms. The van der Waals surface area contributed by atoms with Crippen molar-refractivity contribution in [1.29, 1.82) is 0 Å². The summed E-state index contributed by atoms with van der Waals surface area (Å²) in [6, 6.07) is 6.62. The second kappa shape index (κ2) is 10.9. The van der Waals surface area contributed by atoms with E-state index in [0.29, 0.717) is 24.6 Å². The highest BCUT2D eigenvalue weighted by molar-refractivity contribution is 7.11. The number of para-hydroxylation sites is 1. The monoisotopic (exact) mass is 414 g/mol. The van der Waals surface area contributed by atoms with Crippen LogP contribution < -0.4 is 15.4 Å². The van der Waals surface area contributed by atoms with Crippen molar-refractivity contribution in [2.45, 2.75) is 39.4 Å². The Morgan fingerprint density at radius 2 is 2.00 bits per heavy atom. The van der Waals surface area contributed by atoms with Gasteiger partial charge >= 0.3 is 6.18 Å². The van der Waals surface area contributed by atoms with Gasteiger partial charge in [0.2, 0.25) is 0 Å². The Bertz CT molecular complexity index is 762. The molecule has 28 heavy (non-hydrogen) atoms. The van der Waals surface area contributed by atoms with Crippen molar-refractivity contribution < 1.29 is 17.9 Å². The van der Waals surface area contributed by atoms with Crippen LogP contribution in [0.15, 0.2) is 35.5 Å². The molecule has 9 heteroatoms. The van der Waals surface area contributed by atoms with Gasteiger partial charge in [-0.1, -0.05) is 25.1 Å². The van der Waals surface area contributed by atoms with Gasteiger partial charge in [0, 0.05) is 36.1 Å². The molecule has 0 unspecified atom stereocenters. The lowest BCUT2D eigenvalue weighted by Crippen LogP contribution is -2.38.